The highest BCUT2D eigenvalue weighted by molar-refractivity contribution is 5.95. The van der Waals surface area contributed by atoms with Crippen molar-refractivity contribution in [3.8, 4) is 5.75 Å². The van der Waals surface area contributed by atoms with Crippen LogP contribution in [0.4, 0.5) is 0 Å². The second-order valence-corrected chi connectivity index (χ2v) is 10.9. The summed E-state index contributed by atoms with van der Waals surface area (Å²) in [4.78, 5) is 18.0. The van der Waals surface area contributed by atoms with Gasteiger partial charge in [0.2, 0.25) is 0 Å². The molecule has 38 heavy (non-hydrogen) atoms. The van der Waals surface area contributed by atoms with Crippen LogP contribution in [0.5, 0.6) is 5.75 Å². The highest BCUT2D eigenvalue weighted by Gasteiger charge is 2.19. The van der Waals surface area contributed by atoms with Crippen molar-refractivity contribution in [2.45, 2.75) is 91.5 Å². The molecule has 2 aromatic carbocycles. The first-order valence-corrected chi connectivity index (χ1v) is 14.8. The van der Waals surface area contributed by atoms with Gasteiger partial charge in [-0.05, 0) is 113 Å². The molecule has 3 rings (SSSR count). The summed E-state index contributed by atoms with van der Waals surface area (Å²) >= 11 is 0. The van der Waals surface area contributed by atoms with Gasteiger partial charge in [-0.1, -0.05) is 45.0 Å². The number of carbonyl (C=O) groups is 1. The van der Waals surface area contributed by atoms with E-state index in [1.54, 1.807) is 0 Å². The second kappa shape index (κ2) is 17.3. The quantitative estimate of drug-likeness (QED) is 0.276. The van der Waals surface area contributed by atoms with E-state index in [1.165, 1.54) is 37.6 Å². The van der Waals surface area contributed by atoms with Crippen LogP contribution in [0.15, 0.2) is 42.5 Å². The van der Waals surface area contributed by atoms with Crippen LogP contribution in [0.2, 0.25) is 0 Å². The van der Waals surface area contributed by atoms with Crippen molar-refractivity contribution in [2.24, 2.45) is 5.73 Å². The number of benzene rings is 2. The molecule has 2 N–H and O–H groups in total. The zero-order valence-corrected chi connectivity index (χ0v) is 25.0. The maximum absolute atomic E-state index is 13.3. The number of aryl methyl sites for hydroxylation is 2. The molecule has 1 aliphatic heterocycles. The number of ether oxygens (including phenoxy) is 1. The Morgan fingerprint density at radius 1 is 1.08 bits per heavy atom. The Kier molecular flexibility index (Phi) is 14.5. The van der Waals surface area contributed by atoms with Crippen molar-refractivity contribution in [1.29, 1.82) is 0 Å². The monoisotopic (exact) mass is 523 g/mol. The van der Waals surface area contributed by atoms with Crippen molar-refractivity contribution in [3.05, 3.63) is 64.7 Å². The minimum Gasteiger partial charge on any atom is -0.494 e. The Morgan fingerprint density at radius 2 is 1.82 bits per heavy atom. The normalized spacial score (nSPS) is 15.3. The first kappa shape index (κ1) is 31.8. The average Bonchev–Trinajstić information content (AvgIpc) is 3.34. The van der Waals surface area contributed by atoms with Crippen LogP contribution in [-0.4, -0.2) is 61.6 Å². The number of rotatable bonds is 14. The number of carbonyl (C=O) groups excluding carboxylic acids is 1. The lowest BCUT2D eigenvalue weighted by Crippen LogP contribution is -2.33. The predicted molar refractivity (Wildman–Crippen MR) is 161 cm³/mol. The highest BCUT2D eigenvalue weighted by Crippen LogP contribution is 2.21. The number of hydrogen-bond donors (Lipinski definition) is 1. The number of unbranched alkanes of at least 4 members (excludes halogenated alkanes) is 1. The van der Waals surface area contributed by atoms with Gasteiger partial charge in [0.05, 0.1) is 6.61 Å². The smallest absolute Gasteiger partial charge is 0.254 e. The lowest BCUT2D eigenvalue weighted by atomic mass is 9.97. The molecule has 1 atom stereocenters. The molecule has 212 valence electrons. The summed E-state index contributed by atoms with van der Waals surface area (Å²) in [6.07, 6.45) is 7.86. The number of nitrogens with two attached hydrogens (primary N) is 1. The molecule has 5 heteroatoms. The van der Waals surface area contributed by atoms with Crippen LogP contribution < -0.4 is 10.5 Å². The third-order valence-corrected chi connectivity index (χ3v) is 7.56. The zero-order valence-electron chi connectivity index (χ0n) is 25.0. The summed E-state index contributed by atoms with van der Waals surface area (Å²) in [6.45, 7) is 15.7. The molecule has 1 saturated heterocycles. The molecule has 1 amide bonds. The topological polar surface area (TPSA) is 58.8 Å². The molecule has 1 unspecified atom stereocenters. The van der Waals surface area contributed by atoms with Crippen molar-refractivity contribution in [3.63, 3.8) is 0 Å². The van der Waals surface area contributed by atoms with Crippen LogP contribution in [0.1, 0.15) is 99.2 Å². The molecular formula is C33H53N3O2. The summed E-state index contributed by atoms with van der Waals surface area (Å²) in [5, 5.41) is 0. The van der Waals surface area contributed by atoms with E-state index in [0.717, 1.165) is 81.3 Å². The minimum atomic E-state index is 0.178. The van der Waals surface area contributed by atoms with Crippen LogP contribution in [-0.2, 0) is 6.42 Å². The summed E-state index contributed by atoms with van der Waals surface area (Å²) < 4.78 is 5.97. The van der Waals surface area contributed by atoms with Crippen molar-refractivity contribution in [1.82, 2.24) is 9.80 Å². The predicted octanol–water partition coefficient (Wildman–Crippen LogP) is 6.82. The van der Waals surface area contributed by atoms with Gasteiger partial charge in [-0.15, -0.1) is 0 Å². The van der Waals surface area contributed by atoms with Gasteiger partial charge in [0, 0.05) is 31.2 Å². The molecule has 0 aromatic heterocycles. The van der Waals surface area contributed by atoms with E-state index in [2.05, 4.69) is 80.8 Å². The molecule has 1 heterocycles. The number of nitrogens with zero attached hydrogens (tertiary/aromatic N) is 2. The van der Waals surface area contributed by atoms with Crippen LogP contribution >= 0.6 is 0 Å². The molecule has 0 saturated carbocycles. The van der Waals surface area contributed by atoms with Gasteiger partial charge in [0.25, 0.3) is 5.91 Å². The van der Waals surface area contributed by atoms with Gasteiger partial charge in [-0.3, -0.25) is 4.79 Å². The van der Waals surface area contributed by atoms with Crippen molar-refractivity contribution < 1.29 is 9.53 Å². The van der Waals surface area contributed by atoms with E-state index in [4.69, 9.17) is 4.74 Å². The number of amides is 1. The van der Waals surface area contributed by atoms with Gasteiger partial charge in [0.15, 0.2) is 0 Å². The van der Waals surface area contributed by atoms with E-state index >= 15 is 0 Å². The third-order valence-electron chi connectivity index (χ3n) is 7.56. The van der Waals surface area contributed by atoms with Gasteiger partial charge < -0.3 is 20.3 Å². The summed E-state index contributed by atoms with van der Waals surface area (Å²) in [5.74, 6) is 1.57. The number of likely N-dealkylation sites (tertiary alicyclic amines) is 1. The van der Waals surface area contributed by atoms with Crippen molar-refractivity contribution >= 4 is 5.91 Å². The molecule has 0 spiro atoms. The summed E-state index contributed by atoms with van der Waals surface area (Å²) in [6, 6.07) is 15.6. The molecule has 0 bridgehead atoms. The fraction of sp³-hybridized carbons (Fsp3) is 0.606. The van der Waals surface area contributed by atoms with E-state index < -0.39 is 0 Å². The summed E-state index contributed by atoms with van der Waals surface area (Å²) in [7, 11) is 1.50. The van der Waals surface area contributed by atoms with Gasteiger partial charge in [-0.2, -0.15) is 0 Å². The van der Waals surface area contributed by atoms with E-state index in [-0.39, 0.29) is 5.91 Å². The maximum atomic E-state index is 13.3. The lowest BCUT2D eigenvalue weighted by molar-refractivity contribution is 0.0752. The largest absolute Gasteiger partial charge is 0.494 e. The first-order chi connectivity index (χ1) is 18.4. The maximum Gasteiger partial charge on any atom is 0.254 e. The fourth-order valence-electron chi connectivity index (χ4n) is 5.15. The first-order valence-electron chi connectivity index (χ1n) is 14.8. The molecule has 5 nitrogen and oxygen atoms in total. The van der Waals surface area contributed by atoms with Gasteiger partial charge >= 0.3 is 0 Å². The van der Waals surface area contributed by atoms with E-state index in [1.807, 2.05) is 11.8 Å². The van der Waals surface area contributed by atoms with Crippen LogP contribution in [0, 0.1) is 6.92 Å². The van der Waals surface area contributed by atoms with E-state index in [0.29, 0.717) is 5.92 Å². The molecule has 0 aliphatic carbocycles. The number of hydrogen-bond acceptors (Lipinski definition) is 4. The molecule has 0 radical (unpaired) electrons. The Hall–Kier alpha value is -2.37. The SMILES string of the molecule is CCCN(CCCCc1ccc(OCCCN2CCCC2C)cc1)C(=O)c1cc(C(C)C)ccc1C.CN. The average molecular weight is 524 g/mol. The summed E-state index contributed by atoms with van der Waals surface area (Å²) in [5.41, 5.74) is 9.00. The Bertz CT molecular complexity index is 942. The van der Waals surface area contributed by atoms with E-state index in [9.17, 15) is 4.79 Å². The molecule has 1 aliphatic rings. The van der Waals surface area contributed by atoms with Gasteiger partial charge in [-0.25, -0.2) is 0 Å². The standard InChI is InChI=1S/C32H48N2O2.CH5N/c1-6-19-34(32(35)31-24-29(25(2)3)16-13-26(31)4)20-8-7-12-28-14-17-30(18-15-28)36-23-10-22-33-21-9-11-27(33)5;1-2/h13-18,24-25,27H,6-12,19-23H2,1-5H3;2H2,1H3. The molecular weight excluding hydrogens is 470 g/mol. The van der Waals surface area contributed by atoms with Crippen LogP contribution in [0.3, 0.4) is 0 Å². The zero-order chi connectivity index (χ0) is 27.9. The fourth-order valence-corrected chi connectivity index (χ4v) is 5.15. The Morgan fingerprint density at radius 3 is 2.45 bits per heavy atom. The highest BCUT2D eigenvalue weighted by atomic mass is 16.5. The molecule has 1 fully saturated rings. The van der Waals surface area contributed by atoms with Crippen molar-refractivity contribution in [2.75, 3.05) is 39.8 Å². The minimum absolute atomic E-state index is 0.178. The third kappa shape index (κ3) is 10.1. The van der Waals surface area contributed by atoms with Gasteiger partial charge in [0.1, 0.15) is 5.75 Å². The Labute approximate surface area is 232 Å². The lowest BCUT2D eigenvalue weighted by Gasteiger charge is -2.24. The Balaban J connectivity index is 0.00000247. The second-order valence-electron chi connectivity index (χ2n) is 10.9. The molecule has 2 aromatic rings. The van der Waals surface area contributed by atoms with Crippen LogP contribution in [0.25, 0.3) is 0 Å².